The first-order valence-electron chi connectivity index (χ1n) is 7.54. The predicted octanol–water partition coefficient (Wildman–Crippen LogP) is 0.681. The molecular formula is C14H33NO5. The Kier molecular flexibility index (Phi) is 18.5. The lowest BCUT2D eigenvalue weighted by Crippen LogP contribution is -2.21. The van der Waals surface area contributed by atoms with Crippen LogP contribution in [0, 0.1) is 0 Å². The van der Waals surface area contributed by atoms with Gasteiger partial charge in [-0.15, -0.1) is 0 Å². The molecule has 0 amide bonds. The monoisotopic (exact) mass is 295 g/mol. The minimum atomic E-state index is 0. The Bertz CT molecular complexity index is 159. The molecule has 6 nitrogen and oxygen atoms in total. The van der Waals surface area contributed by atoms with Crippen LogP contribution in [0.15, 0.2) is 0 Å². The lowest BCUT2D eigenvalue weighted by atomic mass is 10.3. The summed E-state index contributed by atoms with van der Waals surface area (Å²) in [7, 11) is 0. The third-order valence-electron chi connectivity index (χ3n) is 2.48. The fourth-order valence-electron chi connectivity index (χ4n) is 1.40. The molecular weight excluding hydrogens is 262 g/mol. The van der Waals surface area contributed by atoms with Crippen LogP contribution in [0.3, 0.4) is 0 Å². The molecule has 0 aliphatic heterocycles. The summed E-state index contributed by atoms with van der Waals surface area (Å²) >= 11 is 0. The topological polar surface area (TPSA) is 69.2 Å². The zero-order chi connectivity index (χ0) is 14.7. The molecule has 2 N–H and O–H groups in total. The first-order chi connectivity index (χ1) is 9.91. The van der Waals surface area contributed by atoms with Gasteiger partial charge in [-0.2, -0.15) is 0 Å². The van der Waals surface area contributed by atoms with E-state index in [-0.39, 0.29) is 8.03 Å². The molecule has 0 aliphatic rings. The lowest BCUT2D eigenvalue weighted by Gasteiger charge is -2.07. The molecule has 0 radical (unpaired) electrons. The molecule has 0 atom stereocenters. The molecule has 20 heavy (non-hydrogen) atoms. The first kappa shape index (κ1) is 19.8. The van der Waals surface area contributed by atoms with Crippen LogP contribution in [-0.4, -0.2) is 77.7 Å². The van der Waals surface area contributed by atoms with Gasteiger partial charge in [0.05, 0.1) is 59.5 Å². The lowest BCUT2D eigenvalue weighted by molar-refractivity contribution is -0.00518. The molecule has 0 aromatic rings. The van der Waals surface area contributed by atoms with Crippen molar-refractivity contribution >= 4 is 0 Å². The molecule has 0 unspecified atom stereocenters. The van der Waals surface area contributed by atoms with Crippen LogP contribution in [-0.2, 0) is 18.9 Å². The highest BCUT2D eigenvalue weighted by Gasteiger charge is 1.92. The summed E-state index contributed by atoms with van der Waals surface area (Å²) in [6.07, 6.45) is 2.44. The van der Waals surface area contributed by atoms with Gasteiger partial charge in [0.15, 0.2) is 0 Å². The molecule has 0 aromatic heterocycles. The van der Waals surface area contributed by atoms with Crippen LogP contribution in [0.25, 0.3) is 0 Å². The van der Waals surface area contributed by atoms with Gasteiger partial charge in [-0.1, -0.05) is 13.3 Å². The Labute approximate surface area is 124 Å². The largest absolute Gasteiger partial charge is 0.394 e. The summed E-state index contributed by atoms with van der Waals surface area (Å²) in [5.74, 6) is 0. The van der Waals surface area contributed by atoms with Crippen LogP contribution in [0.1, 0.15) is 21.2 Å². The molecule has 0 rings (SSSR count). The van der Waals surface area contributed by atoms with E-state index in [4.69, 9.17) is 24.1 Å². The van der Waals surface area contributed by atoms with Crippen molar-refractivity contribution in [2.45, 2.75) is 19.8 Å². The van der Waals surface area contributed by atoms with Gasteiger partial charge in [0.1, 0.15) is 0 Å². The summed E-state index contributed by atoms with van der Waals surface area (Å²) in [5.41, 5.74) is 0. The quantitative estimate of drug-likeness (QED) is 0.385. The summed E-state index contributed by atoms with van der Waals surface area (Å²) in [4.78, 5) is 0. The highest BCUT2D eigenvalue weighted by molar-refractivity contribution is 4.45. The fraction of sp³-hybridized carbons (Fsp3) is 1.00. The van der Waals surface area contributed by atoms with Gasteiger partial charge in [0.25, 0.3) is 0 Å². The maximum atomic E-state index is 8.48. The standard InChI is InChI=1S/C14H31NO5.H2/c1-2-3-4-15-5-7-17-9-11-19-13-14-20-12-10-18-8-6-16;/h15-16H,2-14H2,1H3;1H. The van der Waals surface area contributed by atoms with Crippen molar-refractivity contribution in [3.05, 3.63) is 0 Å². The zero-order valence-electron chi connectivity index (χ0n) is 12.8. The Morgan fingerprint density at radius 2 is 1.25 bits per heavy atom. The number of unbranched alkanes of at least 4 members (excludes halogenated alkanes) is 1. The number of ether oxygens (including phenoxy) is 4. The second kappa shape index (κ2) is 18.8. The van der Waals surface area contributed by atoms with E-state index >= 15 is 0 Å². The minimum absolute atomic E-state index is 0. The third-order valence-corrected chi connectivity index (χ3v) is 2.48. The van der Waals surface area contributed by atoms with Crippen LogP contribution >= 0.6 is 0 Å². The summed E-state index contributed by atoms with van der Waals surface area (Å²) in [6.45, 7) is 8.67. The van der Waals surface area contributed by atoms with Gasteiger partial charge < -0.3 is 29.4 Å². The second-order valence-corrected chi connectivity index (χ2v) is 4.28. The van der Waals surface area contributed by atoms with Crippen molar-refractivity contribution in [3.8, 4) is 0 Å². The average Bonchev–Trinajstić information content (AvgIpc) is 2.47. The normalized spacial score (nSPS) is 11.1. The van der Waals surface area contributed by atoms with Crippen LogP contribution in [0.5, 0.6) is 0 Å². The maximum Gasteiger partial charge on any atom is 0.0701 e. The van der Waals surface area contributed by atoms with Crippen LogP contribution in [0.2, 0.25) is 0 Å². The number of hydrogen-bond acceptors (Lipinski definition) is 6. The van der Waals surface area contributed by atoms with Crippen molar-refractivity contribution in [2.75, 3.05) is 72.6 Å². The van der Waals surface area contributed by atoms with E-state index in [9.17, 15) is 0 Å². The molecule has 0 heterocycles. The molecule has 6 heteroatoms. The van der Waals surface area contributed by atoms with Crippen LogP contribution < -0.4 is 5.32 Å². The van der Waals surface area contributed by atoms with E-state index < -0.39 is 0 Å². The predicted molar refractivity (Wildman–Crippen MR) is 80.3 cm³/mol. The number of nitrogens with one attached hydrogen (secondary N) is 1. The Balaban J connectivity index is 0. The zero-order valence-corrected chi connectivity index (χ0v) is 12.8. The molecule has 0 aromatic carbocycles. The fourth-order valence-corrected chi connectivity index (χ4v) is 1.40. The summed E-state index contributed by atoms with van der Waals surface area (Å²) in [5, 5.41) is 11.8. The van der Waals surface area contributed by atoms with Gasteiger partial charge in [0, 0.05) is 7.97 Å². The number of aliphatic hydroxyl groups is 1. The van der Waals surface area contributed by atoms with Gasteiger partial charge in [-0.05, 0) is 13.0 Å². The number of aliphatic hydroxyl groups excluding tert-OH is 1. The Morgan fingerprint density at radius 3 is 1.75 bits per heavy atom. The minimum Gasteiger partial charge on any atom is -0.394 e. The average molecular weight is 295 g/mol. The highest BCUT2D eigenvalue weighted by Crippen LogP contribution is 1.84. The van der Waals surface area contributed by atoms with Gasteiger partial charge in [0.2, 0.25) is 0 Å². The molecule has 0 fully saturated rings. The van der Waals surface area contributed by atoms with Gasteiger partial charge in [-0.3, -0.25) is 0 Å². The molecule has 0 saturated heterocycles. The van der Waals surface area contributed by atoms with Crippen molar-refractivity contribution in [2.24, 2.45) is 0 Å². The number of hydrogen-bond donors (Lipinski definition) is 2. The van der Waals surface area contributed by atoms with Gasteiger partial charge >= 0.3 is 0 Å². The molecule has 0 bridgehead atoms. The van der Waals surface area contributed by atoms with E-state index in [2.05, 4.69) is 12.2 Å². The Hall–Kier alpha value is -0.240. The SMILES string of the molecule is CCCCNCCOCCOCCOCCOCCO.[HH]. The van der Waals surface area contributed by atoms with Crippen molar-refractivity contribution in [1.29, 1.82) is 0 Å². The van der Waals surface area contributed by atoms with E-state index in [0.717, 1.165) is 19.7 Å². The van der Waals surface area contributed by atoms with E-state index in [1.807, 2.05) is 0 Å². The number of rotatable bonds is 17. The molecule has 0 spiro atoms. The van der Waals surface area contributed by atoms with Crippen molar-refractivity contribution in [1.82, 2.24) is 5.32 Å². The van der Waals surface area contributed by atoms with Crippen molar-refractivity contribution < 1.29 is 25.5 Å². The molecule has 124 valence electrons. The summed E-state index contributed by atoms with van der Waals surface area (Å²) in [6, 6.07) is 0. The second-order valence-electron chi connectivity index (χ2n) is 4.28. The smallest absolute Gasteiger partial charge is 0.0701 e. The van der Waals surface area contributed by atoms with E-state index in [1.165, 1.54) is 12.8 Å². The van der Waals surface area contributed by atoms with Crippen LogP contribution in [0.4, 0.5) is 0 Å². The van der Waals surface area contributed by atoms with E-state index in [1.54, 1.807) is 0 Å². The molecule has 0 aliphatic carbocycles. The highest BCUT2D eigenvalue weighted by atomic mass is 16.6. The Morgan fingerprint density at radius 1 is 0.750 bits per heavy atom. The van der Waals surface area contributed by atoms with Gasteiger partial charge in [-0.25, -0.2) is 0 Å². The third kappa shape index (κ3) is 17.8. The van der Waals surface area contributed by atoms with E-state index in [0.29, 0.717) is 46.2 Å². The molecule has 0 saturated carbocycles. The maximum absolute atomic E-state index is 8.48. The van der Waals surface area contributed by atoms with Crippen molar-refractivity contribution in [3.63, 3.8) is 0 Å². The summed E-state index contributed by atoms with van der Waals surface area (Å²) < 4.78 is 21.1. The first-order valence-corrected chi connectivity index (χ1v) is 7.54.